The van der Waals surface area contributed by atoms with Crippen molar-refractivity contribution < 1.29 is 0 Å². The largest absolute Gasteiger partial charge is 0.0620 e. The summed E-state index contributed by atoms with van der Waals surface area (Å²) in [6.07, 6.45) is 4.60. The van der Waals surface area contributed by atoms with Gasteiger partial charge in [0.15, 0.2) is 0 Å². The molecule has 0 aliphatic heterocycles. The molecule has 0 nitrogen and oxygen atoms in total. The van der Waals surface area contributed by atoms with Gasteiger partial charge >= 0.3 is 0 Å². The lowest BCUT2D eigenvalue weighted by Gasteiger charge is -2.02. The van der Waals surface area contributed by atoms with Crippen LogP contribution in [0.5, 0.6) is 0 Å². The summed E-state index contributed by atoms with van der Waals surface area (Å²) in [6.45, 7) is 13.1. The summed E-state index contributed by atoms with van der Waals surface area (Å²) in [5, 5.41) is 0. The van der Waals surface area contributed by atoms with Gasteiger partial charge in [-0.15, -0.1) is 0 Å². The highest BCUT2D eigenvalue weighted by Crippen LogP contribution is 2.09. The van der Waals surface area contributed by atoms with Gasteiger partial charge < -0.3 is 0 Å². The summed E-state index contributed by atoms with van der Waals surface area (Å²) in [5.41, 5.74) is 8.70. The van der Waals surface area contributed by atoms with E-state index < -0.39 is 0 Å². The van der Waals surface area contributed by atoms with Crippen molar-refractivity contribution in [1.82, 2.24) is 0 Å². The number of rotatable bonds is 4. The predicted octanol–water partition coefficient (Wildman–Crippen LogP) is 7.93. The molecule has 0 aliphatic carbocycles. The summed E-state index contributed by atoms with van der Waals surface area (Å²) in [7, 11) is 0. The quantitative estimate of drug-likeness (QED) is 0.435. The Hall–Kier alpha value is -2.34. The average Bonchev–Trinajstić information content (AvgIpc) is 2.75. The Morgan fingerprint density at radius 3 is 0.857 bits per heavy atom. The summed E-state index contributed by atoms with van der Waals surface area (Å²) >= 11 is 0. The number of benzene rings is 3. The van der Waals surface area contributed by atoms with Crippen LogP contribution in [0.1, 0.15) is 61.1 Å². The van der Waals surface area contributed by atoms with Crippen LogP contribution in [-0.4, -0.2) is 0 Å². The Morgan fingerprint density at radius 2 is 0.643 bits per heavy atom. The van der Waals surface area contributed by atoms with Crippen molar-refractivity contribution in [2.75, 3.05) is 0 Å². The number of hydrogen-bond acceptors (Lipinski definition) is 0. The van der Waals surface area contributed by atoms with Crippen LogP contribution in [0.15, 0.2) is 72.8 Å². The van der Waals surface area contributed by atoms with E-state index in [0.29, 0.717) is 0 Å². The van der Waals surface area contributed by atoms with Gasteiger partial charge in [0.25, 0.3) is 0 Å². The SMILES string of the molecule is CCc1ccccc1C.CCc1ccccc1C.CCc1ccccc1CC. The first-order chi connectivity index (χ1) is 13.6. The minimum Gasteiger partial charge on any atom is -0.0620 e. The zero-order chi connectivity index (χ0) is 20.8. The molecule has 0 saturated carbocycles. The highest BCUT2D eigenvalue weighted by atomic mass is 14.0. The fourth-order valence-electron chi connectivity index (χ4n) is 3.26. The van der Waals surface area contributed by atoms with E-state index in [1.54, 1.807) is 0 Å². The third kappa shape index (κ3) is 8.13. The first-order valence-corrected chi connectivity index (χ1v) is 10.7. The van der Waals surface area contributed by atoms with Crippen molar-refractivity contribution in [2.45, 2.75) is 67.2 Å². The molecule has 0 aliphatic rings. The molecule has 0 N–H and O–H groups in total. The normalized spacial score (nSPS) is 9.64. The molecule has 0 amide bonds. The average molecular weight is 375 g/mol. The van der Waals surface area contributed by atoms with Crippen LogP contribution in [0.25, 0.3) is 0 Å². The first-order valence-electron chi connectivity index (χ1n) is 10.7. The third-order valence-corrected chi connectivity index (χ3v) is 5.16. The molecule has 0 heterocycles. The fourth-order valence-corrected chi connectivity index (χ4v) is 3.26. The van der Waals surface area contributed by atoms with Gasteiger partial charge in [0.1, 0.15) is 0 Å². The third-order valence-electron chi connectivity index (χ3n) is 5.16. The molecule has 0 fully saturated rings. The van der Waals surface area contributed by atoms with Crippen LogP contribution in [0, 0.1) is 13.8 Å². The van der Waals surface area contributed by atoms with Crippen molar-refractivity contribution in [3.8, 4) is 0 Å². The van der Waals surface area contributed by atoms with E-state index in [1.807, 2.05) is 0 Å². The molecule has 0 bridgehead atoms. The molecule has 0 atom stereocenters. The van der Waals surface area contributed by atoms with Gasteiger partial charge in [-0.3, -0.25) is 0 Å². The second-order valence-corrected chi connectivity index (χ2v) is 7.04. The Balaban J connectivity index is 0.000000210. The van der Waals surface area contributed by atoms with Crippen LogP contribution in [0.2, 0.25) is 0 Å². The monoisotopic (exact) mass is 374 g/mol. The topological polar surface area (TPSA) is 0 Å². The second-order valence-electron chi connectivity index (χ2n) is 7.04. The summed E-state index contributed by atoms with van der Waals surface area (Å²) in [6, 6.07) is 25.6. The lowest BCUT2D eigenvalue weighted by molar-refractivity contribution is 1.04. The highest BCUT2D eigenvalue weighted by molar-refractivity contribution is 5.27. The molecule has 0 aromatic heterocycles. The molecule has 0 heteroatoms. The molecule has 0 saturated heterocycles. The van der Waals surface area contributed by atoms with Gasteiger partial charge in [-0.2, -0.15) is 0 Å². The summed E-state index contributed by atoms with van der Waals surface area (Å²) < 4.78 is 0. The molecule has 0 spiro atoms. The van der Waals surface area contributed by atoms with Gasteiger partial charge in [-0.05, 0) is 72.9 Å². The van der Waals surface area contributed by atoms with Crippen LogP contribution in [-0.2, 0) is 25.7 Å². The van der Waals surface area contributed by atoms with Gasteiger partial charge in [0.2, 0.25) is 0 Å². The van der Waals surface area contributed by atoms with E-state index in [-0.39, 0.29) is 0 Å². The highest BCUT2D eigenvalue weighted by Gasteiger charge is 1.94. The van der Waals surface area contributed by atoms with Crippen molar-refractivity contribution in [3.05, 3.63) is 106 Å². The maximum atomic E-state index is 2.21. The summed E-state index contributed by atoms with van der Waals surface area (Å²) in [5.74, 6) is 0. The minimum atomic E-state index is 1.15. The van der Waals surface area contributed by atoms with Crippen molar-refractivity contribution >= 4 is 0 Å². The van der Waals surface area contributed by atoms with Gasteiger partial charge in [-0.25, -0.2) is 0 Å². The molecule has 0 unspecified atom stereocenters. The van der Waals surface area contributed by atoms with E-state index >= 15 is 0 Å². The molecule has 0 radical (unpaired) electrons. The minimum absolute atomic E-state index is 1.15. The van der Waals surface area contributed by atoms with E-state index in [2.05, 4.69) is 114 Å². The second kappa shape index (κ2) is 13.8. The first kappa shape index (κ1) is 23.7. The molecule has 150 valence electrons. The lowest BCUT2D eigenvalue weighted by atomic mass is 10.0. The zero-order valence-electron chi connectivity index (χ0n) is 18.8. The maximum Gasteiger partial charge on any atom is -0.0305 e. The number of hydrogen-bond donors (Lipinski definition) is 0. The Labute approximate surface area is 173 Å². The Kier molecular flexibility index (Phi) is 11.7. The van der Waals surface area contributed by atoms with E-state index in [4.69, 9.17) is 0 Å². The molecular formula is C28H38. The zero-order valence-corrected chi connectivity index (χ0v) is 18.8. The van der Waals surface area contributed by atoms with E-state index in [9.17, 15) is 0 Å². The molecule has 3 aromatic rings. The van der Waals surface area contributed by atoms with Crippen molar-refractivity contribution in [1.29, 1.82) is 0 Å². The molecule has 3 rings (SSSR count). The Bertz CT molecular complexity index is 730. The van der Waals surface area contributed by atoms with Crippen LogP contribution in [0.3, 0.4) is 0 Å². The molecule has 28 heavy (non-hydrogen) atoms. The van der Waals surface area contributed by atoms with Crippen molar-refractivity contribution in [3.63, 3.8) is 0 Å². The lowest BCUT2D eigenvalue weighted by Crippen LogP contribution is -1.88. The predicted molar refractivity (Wildman–Crippen MR) is 126 cm³/mol. The summed E-state index contributed by atoms with van der Waals surface area (Å²) in [4.78, 5) is 0. The van der Waals surface area contributed by atoms with Crippen LogP contribution in [0.4, 0.5) is 0 Å². The van der Waals surface area contributed by atoms with Crippen molar-refractivity contribution in [2.24, 2.45) is 0 Å². The van der Waals surface area contributed by atoms with Crippen LogP contribution >= 0.6 is 0 Å². The standard InChI is InChI=1S/C10H14.2C9H12/c1-3-9-7-5-6-8-10(9)4-2;2*1-3-9-7-5-4-6-8(9)2/h5-8H,3-4H2,1-2H3;2*4-7H,3H2,1-2H3. The smallest absolute Gasteiger partial charge is 0.0305 e. The maximum absolute atomic E-state index is 2.21. The molecular weight excluding hydrogens is 336 g/mol. The van der Waals surface area contributed by atoms with Gasteiger partial charge in [0, 0.05) is 0 Å². The van der Waals surface area contributed by atoms with Gasteiger partial charge in [0.05, 0.1) is 0 Å². The van der Waals surface area contributed by atoms with Gasteiger partial charge in [-0.1, -0.05) is 100 Å². The number of aryl methyl sites for hydroxylation is 6. The molecule has 3 aromatic carbocycles. The fraction of sp³-hybridized carbons (Fsp3) is 0.357. The Morgan fingerprint density at radius 1 is 0.393 bits per heavy atom. The van der Waals surface area contributed by atoms with Crippen LogP contribution < -0.4 is 0 Å². The van der Waals surface area contributed by atoms with E-state index in [1.165, 1.54) is 33.4 Å². The van der Waals surface area contributed by atoms with E-state index in [0.717, 1.165) is 25.7 Å².